The lowest BCUT2D eigenvalue weighted by molar-refractivity contribution is -0.122. The molecule has 3 aromatic rings. The lowest BCUT2D eigenvalue weighted by Crippen LogP contribution is -2.53. The Morgan fingerprint density at radius 1 is 0.833 bits per heavy atom. The second kappa shape index (κ2) is 11.8. The first-order valence-electron chi connectivity index (χ1n) is 12.4. The number of para-hydroxylation sites is 1. The van der Waals surface area contributed by atoms with Crippen molar-refractivity contribution >= 4 is 23.2 Å². The summed E-state index contributed by atoms with van der Waals surface area (Å²) in [6.45, 7) is 9.27. The molecule has 2 amide bonds. The van der Waals surface area contributed by atoms with Crippen LogP contribution in [0, 0.1) is 13.8 Å². The second-order valence-electron chi connectivity index (χ2n) is 9.21. The quantitative estimate of drug-likeness (QED) is 0.484. The number of benzene rings is 3. The minimum atomic E-state index is -0.267. The summed E-state index contributed by atoms with van der Waals surface area (Å²) < 4.78 is 5.81. The summed E-state index contributed by atoms with van der Waals surface area (Å²) in [7, 11) is 0. The van der Waals surface area contributed by atoms with Gasteiger partial charge in [-0.05, 0) is 74.4 Å². The van der Waals surface area contributed by atoms with E-state index in [-0.39, 0.29) is 17.9 Å². The molecule has 0 saturated carbocycles. The summed E-state index contributed by atoms with van der Waals surface area (Å²) in [5.41, 5.74) is 3.84. The minimum Gasteiger partial charge on any atom is -0.457 e. The third kappa shape index (κ3) is 6.71. The minimum absolute atomic E-state index is 0.0115. The van der Waals surface area contributed by atoms with E-state index in [0.29, 0.717) is 12.3 Å². The van der Waals surface area contributed by atoms with E-state index < -0.39 is 0 Å². The highest BCUT2D eigenvalue weighted by molar-refractivity contribution is 5.94. The van der Waals surface area contributed by atoms with Gasteiger partial charge in [0.2, 0.25) is 11.8 Å². The van der Waals surface area contributed by atoms with E-state index in [1.54, 1.807) is 0 Å². The molecule has 7 heteroatoms. The van der Waals surface area contributed by atoms with Gasteiger partial charge in [-0.15, -0.1) is 0 Å². The molecule has 1 aliphatic heterocycles. The molecule has 1 saturated heterocycles. The SMILES string of the molecule is Cc1cccc(NC(=O)CN2CCN([C@@H](C)C(=O)Nc3ccc(Oc4ccccc4)cc3)CC2)c1C. The molecule has 1 heterocycles. The number of rotatable bonds is 8. The number of anilines is 2. The predicted octanol–water partition coefficient (Wildman–Crippen LogP) is 4.68. The van der Waals surface area contributed by atoms with E-state index in [9.17, 15) is 9.59 Å². The molecule has 0 aromatic heterocycles. The highest BCUT2D eigenvalue weighted by Gasteiger charge is 2.26. The predicted molar refractivity (Wildman–Crippen MR) is 144 cm³/mol. The average molecular weight is 487 g/mol. The van der Waals surface area contributed by atoms with Gasteiger partial charge < -0.3 is 15.4 Å². The standard InChI is InChI=1S/C29H34N4O3/c1-21-8-7-11-27(22(21)2)31-28(34)20-32-16-18-33(19-17-32)23(3)29(35)30-24-12-14-26(15-13-24)36-25-9-5-4-6-10-25/h4-15,23H,16-20H2,1-3H3,(H,30,35)(H,31,34)/t23-/m0/s1. The first-order valence-corrected chi connectivity index (χ1v) is 12.4. The summed E-state index contributed by atoms with van der Waals surface area (Å²) in [5.74, 6) is 1.42. The number of hydrogen-bond acceptors (Lipinski definition) is 5. The Hall–Kier alpha value is -3.68. The van der Waals surface area contributed by atoms with Crippen molar-refractivity contribution in [1.82, 2.24) is 9.80 Å². The van der Waals surface area contributed by atoms with E-state index in [1.807, 2.05) is 93.6 Å². The Balaban J connectivity index is 1.22. The number of aryl methyl sites for hydroxylation is 1. The molecule has 2 N–H and O–H groups in total. The Bertz CT molecular complexity index is 1170. The number of carbonyl (C=O) groups is 2. The molecular weight excluding hydrogens is 452 g/mol. The van der Waals surface area contributed by atoms with Crippen LogP contribution in [0.25, 0.3) is 0 Å². The lowest BCUT2D eigenvalue weighted by atomic mass is 10.1. The maximum atomic E-state index is 12.8. The Labute approximate surface area is 213 Å². The summed E-state index contributed by atoms with van der Waals surface area (Å²) in [4.78, 5) is 29.7. The molecule has 7 nitrogen and oxygen atoms in total. The normalized spacial score (nSPS) is 15.2. The molecule has 3 aromatic carbocycles. The van der Waals surface area contributed by atoms with Crippen LogP contribution < -0.4 is 15.4 Å². The molecular formula is C29H34N4O3. The fourth-order valence-corrected chi connectivity index (χ4v) is 4.23. The summed E-state index contributed by atoms with van der Waals surface area (Å²) in [6.07, 6.45) is 0. The Morgan fingerprint density at radius 2 is 1.50 bits per heavy atom. The summed E-state index contributed by atoms with van der Waals surface area (Å²) in [6, 6.07) is 22.6. The topological polar surface area (TPSA) is 73.9 Å². The summed E-state index contributed by atoms with van der Waals surface area (Å²) >= 11 is 0. The van der Waals surface area contributed by atoms with Gasteiger partial charge in [0.1, 0.15) is 11.5 Å². The monoisotopic (exact) mass is 486 g/mol. The fourth-order valence-electron chi connectivity index (χ4n) is 4.23. The largest absolute Gasteiger partial charge is 0.457 e. The van der Waals surface area contributed by atoms with Crippen molar-refractivity contribution in [3.63, 3.8) is 0 Å². The fraction of sp³-hybridized carbons (Fsp3) is 0.310. The van der Waals surface area contributed by atoms with Crippen LogP contribution in [0.4, 0.5) is 11.4 Å². The molecule has 4 rings (SSSR count). The molecule has 0 unspecified atom stereocenters. The van der Waals surface area contributed by atoms with Crippen molar-refractivity contribution < 1.29 is 14.3 Å². The first-order chi connectivity index (χ1) is 17.4. The maximum absolute atomic E-state index is 12.8. The number of nitrogens with zero attached hydrogens (tertiary/aromatic N) is 2. The lowest BCUT2D eigenvalue weighted by Gasteiger charge is -2.37. The number of ether oxygens (including phenoxy) is 1. The van der Waals surface area contributed by atoms with Crippen LogP contribution in [0.3, 0.4) is 0 Å². The highest BCUT2D eigenvalue weighted by Crippen LogP contribution is 2.23. The van der Waals surface area contributed by atoms with Crippen molar-refractivity contribution in [2.45, 2.75) is 26.8 Å². The average Bonchev–Trinajstić information content (AvgIpc) is 2.88. The molecule has 0 radical (unpaired) electrons. The van der Waals surface area contributed by atoms with Gasteiger partial charge in [-0.25, -0.2) is 0 Å². The van der Waals surface area contributed by atoms with Gasteiger partial charge in [-0.1, -0.05) is 30.3 Å². The van der Waals surface area contributed by atoms with Gasteiger partial charge in [-0.3, -0.25) is 19.4 Å². The van der Waals surface area contributed by atoms with E-state index in [4.69, 9.17) is 4.74 Å². The molecule has 36 heavy (non-hydrogen) atoms. The number of amides is 2. The number of nitrogens with one attached hydrogen (secondary N) is 2. The zero-order chi connectivity index (χ0) is 25.5. The second-order valence-corrected chi connectivity index (χ2v) is 9.21. The Kier molecular flexibility index (Phi) is 8.36. The van der Waals surface area contributed by atoms with Crippen LogP contribution in [0.15, 0.2) is 72.8 Å². The van der Waals surface area contributed by atoms with Crippen LogP contribution in [0.5, 0.6) is 11.5 Å². The van der Waals surface area contributed by atoms with Crippen molar-refractivity contribution in [2.75, 3.05) is 43.4 Å². The van der Waals surface area contributed by atoms with Crippen molar-refractivity contribution in [1.29, 1.82) is 0 Å². The molecule has 1 aliphatic rings. The summed E-state index contributed by atoms with van der Waals surface area (Å²) in [5, 5.41) is 6.02. The van der Waals surface area contributed by atoms with Gasteiger partial charge in [0.15, 0.2) is 0 Å². The van der Waals surface area contributed by atoms with Crippen LogP contribution in [0.1, 0.15) is 18.1 Å². The first kappa shape index (κ1) is 25.4. The number of hydrogen-bond donors (Lipinski definition) is 2. The molecule has 0 spiro atoms. The van der Waals surface area contributed by atoms with Crippen molar-refractivity contribution in [3.8, 4) is 11.5 Å². The zero-order valence-corrected chi connectivity index (χ0v) is 21.2. The van der Waals surface area contributed by atoms with Crippen LogP contribution >= 0.6 is 0 Å². The van der Waals surface area contributed by atoms with Gasteiger partial charge in [0.25, 0.3) is 0 Å². The van der Waals surface area contributed by atoms with Gasteiger partial charge in [0, 0.05) is 37.6 Å². The van der Waals surface area contributed by atoms with E-state index >= 15 is 0 Å². The van der Waals surface area contributed by atoms with Gasteiger partial charge >= 0.3 is 0 Å². The van der Waals surface area contributed by atoms with Crippen LogP contribution in [-0.4, -0.2) is 60.4 Å². The molecule has 188 valence electrons. The third-order valence-electron chi connectivity index (χ3n) is 6.68. The van der Waals surface area contributed by atoms with Gasteiger partial charge in [-0.2, -0.15) is 0 Å². The third-order valence-corrected chi connectivity index (χ3v) is 6.68. The van der Waals surface area contributed by atoms with E-state index in [1.165, 1.54) is 0 Å². The molecule has 0 bridgehead atoms. The van der Waals surface area contributed by atoms with Crippen LogP contribution in [-0.2, 0) is 9.59 Å². The van der Waals surface area contributed by atoms with Crippen LogP contribution in [0.2, 0.25) is 0 Å². The van der Waals surface area contributed by atoms with Crippen molar-refractivity contribution in [3.05, 3.63) is 83.9 Å². The van der Waals surface area contributed by atoms with Gasteiger partial charge in [0.05, 0.1) is 12.6 Å². The number of carbonyl (C=O) groups excluding carboxylic acids is 2. The maximum Gasteiger partial charge on any atom is 0.241 e. The smallest absolute Gasteiger partial charge is 0.241 e. The van der Waals surface area contributed by atoms with Crippen molar-refractivity contribution in [2.24, 2.45) is 0 Å². The molecule has 1 fully saturated rings. The van der Waals surface area contributed by atoms with E-state index in [0.717, 1.165) is 54.4 Å². The molecule has 1 atom stereocenters. The molecule has 0 aliphatic carbocycles. The van der Waals surface area contributed by atoms with E-state index in [2.05, 4.69) is 20.4 Å². The Morgan fingerprint density at radius 3 is 2.19 bits per heavy atom. The zero-order valence-electron chi connectivity index (χ0n) is 21.2. The number of piperazine rings is 1. The highest BCUT2D eigenvalue weighted by atomic mass is 16.5.